The summed E-state index contributed by atoms with van der Waals surface area (Å²) in [5.41, 5.74) is 3.07. The van der Waals surface area contributed by atoms with Gasteiger partial charge in [0.15, 0.2) is 0 Å². The number of rotatable bonds is 5. The quantitative estimate of drug-likeness (QED) is 0.484. The first-order valence-corrected chi connectivity index (χ1v) is 8.32. The minimum Gasteiger partial charge on any atom is -0.496 e. The van der Waals surface area contributed by atoms with Crippen LogP contribution in [0.5, 0.6) is 5.75 Å². The third kappa shape index (κ3) is 3.78. The lowest BCUT2D eigenvalue weighted by Crippen LogP contribution is -2.16. The number of para-hydroxylation sites is 1. The number of amides is 2. The summed E-state index contributed by atoms with van der Waals surface area (Å²) in [7, 11) is 1.57. The number of nitrogens with one attached hydrogen (secondary N) is 2. The number of ether oxygens (including phenoxy) is 1. The Morgan fingerprint density at radius 2 is 1.96 bits per heavy atom. The van der Waals surface area contributed by atoms with Crippen molar-refractivity contribution in [2.75, 3.05) is 12.4 Å². The highest BCUT2D eigenvalue weighted by molar-refractivity contribution is 7.20. The molecule has 0 fully saturated rings. The number of benzene rings is 2. The maximum atomic E-state index is 12.3. The van der Waals surface area contributed by atoms with Crippen molar-refractivity contribution >= 4 is 38.9 Å². The number of hydroxylamine groups is 1. The molecule has 1 aromatic heterocycles. The fourth-order valence-corrected chi connectivity index (χ4v) is 3.49. The number of carbonyl (C=O) groups is 2. The van der Waals surface area contributed by atoms with Gasteiger partial charge in [-0.1, -0.05) is 24.3 Å². The van der Waals surface area contributed by atoms with Crippen LogP contribution < -0.4 is 15.5 Å². The Bertz CT molecular complexity index is 936. The second kappa shape index (κ2) is 7.33. The predicted molar refractivity (Wildman–Crippen MR) is 96.4 cm³/mol. The third-order valence-corrected chi connectivity index (χ3v) is 4.77. The Balaban J connectivity index is 1.75. The van der Waals surface area contributed by atoms with Crippen molar-refractivity contribution in [3.63, 3.8) is 0 Å². The van der Waals surface area contributed by atoms with Crippen molar-refractivity contribution in [1.29, 1.82) is 0 Å². The lowest BCUT2D eigenvalue weighted by atomic mass is 10.1. The van der Waals surface area contributed by atoms with Gasteiger partial charge in [-0.05, 0) is 29.7 Å². The Kier molecular flexibility index (Phi) is 4.97. The van der Waals surface area contributed by atoms with E-state index in [1.54, 1.807) is 30.8 Å². The highest BCUT2D eigenvalue weighted by atomic mass is 32.1. The zero-order valence-electron chi connectivity index (χ0n) is 13.4. The molecule has 3 rings (SSSR count). The molecule has 0 saturated heterocycles. The summed E-state index contributed by atoms with van der Waals surface area (Å²) in [6.45, 7) is 0. The van der Waals surface area contributed by atoms with Crippen molar-refractivity contribution in [1.82, 2.24) is 5.48 Å². The molecule has 1 heterocycles. The third-order valence-electron chi connectivity index (χ3n) is 3.67. The second-order valence-electron chi connectivity index (χ2n) is 5.34. The molecule has 3 aromatic rings. The molecule has 7 heteroatoms. The predicted octanol–water partition coefficient (Wildman–Crippen LogP) is 3.21. The topological polar surface area (TPSA) is 87.7 Å². The molecule has 3 N–H and O–H groups in total. The first-order chi connectivity index (χ1) is 12.1. The largest absolute Gasteiger partial charge is 0.496 e. The van der Waals surface area contributed by atoms with Crippen LogP contribution in [-0.4, -0.2) is 24.1 Å². The Hall–Kier alpha value is -2.90. The van der Waals surface area contributed by atoms with E-state index < -0.39 is 5.91 Å². The Morgan fingerprint density at radius 3 is 2.72 bits per heavy atom. The number of hydrogen-bond acceptors (Lipinski definition) is 5. The second-order valence-corrected chi connectivity index (χ2v) is 6.42. The van der Waals surface area contributed by atoms with E-state index in [-0.39, 0.29) is 12.3 Å². The molecule has 0 unspecified atom stereocenters. The van der Waals surface area contributed by atoms with E-state index in [1.807, 2.05) is 30.3 Å². The van der Waals surface area contributed by atoms with Gasteiger partial charge in [-0.2, -0.15) is 0 Å². The highest BCUT2D eigenvalue weighted by Gasteiger charge is 2.12. The number of hydrogen-bond donors (Lipinski definition) is 3. The summed E-state index contributed by atoms with van der Waals surface area (Å²) < 4.78 is 6.09. The van der Waals surface area contributed by atoms with Crippen LogP contribution in [0.2, 0.25) is 0 Å². The number of carbonyl (C=O) groups excluding carboxylic acids is 2. The van der Waals surface area contributed by atoms with Gasteiger partial charge in [0.1, 0.15) is 5.75 Å². The SMILES string of the molecule is COc1ccccc1CC(=O)Nc1ccc2cc(C(=O)NO)sc2c1. The average Bonchev–Trinajstić information content (AvgIpc) is 3.04. The summed E-state index contributed by atoms with van der Waals surface area (Å²) in [5, 5.41) is 12.4. The molecule has 128 valence electrons. The van der Waals surface area contributed by atoms with Crippen LogP contribution in [-0.2, 0) is 11.2 Å². The van der Waals surface area contributed by atoms with Gasteiger partial charge in [0.2, 0.25) is 5.91 Å². The molecule has 0 saturated carbocycles. The van der Waals surface area contributed by atoms with Crippen molar-refractivity contribution in [3.05, 3.63) is 59.0 Å². The van der Waals surface area contributed by atoms with Crippen LogP contribution in [0.25, 0.3) is 10.1 Å². The first kappa shape index (κ1) is 16.9. The van der Waals surface area contributed by atoms with Crippen molar-refractivity contribution < 1.29 is 19.5 Å². The molecule has 0 radical (unpaired) electrons. The average molecular weight is 356 g/mol. The van der Waals surface area contributed by atoms with E-state index in [2.05, 4.69) is 5.32 Å². The number of anilines is 1. The summed E-state index contributed by atoms with van der Waals surface area (Å²) in [6.07, 6.45) is 0.199. The maximum absolute atomic E-state index is 12.3. The molecular weight excluding hydrogens is 340 g/mol. The van der Waals surface area contributed by atoms with Gasteiger partial charge in [-0.15, -0.1) is 11.3 Å². The first-order valence-electron chi connectivity index (χ1n) is 7.50. The molecule has 0 aliphatic heterocycles. The molecule has 2 amide bonds. The number of fused-ring (bicyclic) bond motifs is 1. The standard InChI is InChI=1S/C18H16N2O4S/c1-24-14-5-3-2-4-11(14)9-17(21)19-13-7-6-12-8-16(18(22)20-23)25-15(12)10-13/h2-8,10,23H,9H2,1H3,(H,19,21)(H,20,22). The summed E-state index contributed by atoms with van der Waals surface area (Å²) in [6, 6.07) is 14.4. The molecule has 0 atom stereocenters. The van der Waals surface area contributed by atoms with Crippen LogP contribution in [0.1, 0.15) is 15.2 Å². The maximum Gasteiger partial charge on any atom is 0.284 e. The molecule has 0 aliphatic rings. The van der Waals surface area contributed by atoms with Crippen molar-refractivity contribution in [2.24, 2.45) is 0 Å². The minimum atomic E-state index is -0.553. The van der Waals surface area contributed by atoms with Crippen molar-refractivity contribution in [2.45, 2.75) is 6.42 Å². The molecular formula is C18H16N2O4S. The van der Waals surface area contributed by atoms with Gasteiger partial charge < -0.3 is 10.1 Å². The van der Waals surface area contributed by atoms with Crippen LogP contribution in [0.15, 0.2) is 48.5 Å². The molecule has 2 aromatic carbocycles. The molecule has 0 spiro atoms. The molecule has 6 nitrogen and oxygen atoms in total. The summed E-state index contributed by atoms with van der Waals surface area (Å²) >= 11 is 1.24. The smallest absolute Gasteiger partial charge is 0.284 e. The molecule has 0 bridgehead atoms. The zero-order valence-corrected chi connectivity index (χ0v) is 14.2. The molecule has 0 aliphatic carbocycles. The van der Waals surface area contributed by atoms with Crippen molar-refractivity contribution in [3.8, 4) is 5.75 Å². The normalized spacial score (nSPS) is 10.5. The fraction of sp³-hybridized carbons (Fsp3) is 0.111. The number of methoxy groups -OCH3 is 1. The zero-order chi connectivity index (χ0) is 17.8. The minimum absolute atomic E-state index is 0.159. The van der Waals surface area contributed by atoms with Crippen LogP contribution in [0, 0.1) is 0 Å². The lowest BCUT2D eigenvalue weighted by Gasteiger charge is -2.09. The Morgan fingerprint density at radius 1 is 1.16 bits per heavy atom. The van der Waals surface area contributed by atoms with Gasteiger partial charge in [0, 0.05) is 16.0 Å². The van der Waals surface area contributed by atoms with E-state index in [0.717, 1.165) is 15.6 Å². The van der Waals surface area contributed by atoms with E-state index >= 15 is 0 Å². The van der Waals surface area contributed by atoms with Gasteiger partial charge in [0.05, 0.1) is 18.4 Å². The van der Waals surface area contributed by atoms with E-state index in [0.29, 0.717) is 16.3 Å². The Labute approximate surface area is 148 Å². The summed E-state index contributed by atoms with van der Waals surface area (Å²) in [5.74, 6) is -0.0392. The van der Waals surface area contributed by atoms with Gasteiger partial charge >= 0.3 is 0 Å². The lowest BCUT2D eigenvalue weighted by molar-refractivity contribution is -0.115. The van der Waals surface area contributed by atoms with E-state index in [4.69, 9.17) is 9.94 Å². The van der Waals surface area contributed by atoms with E-state index in [1.165, 1.54) is 11.3 Å². The monoisotopic (exact) mass is 356 g/mol. The van der Waals surface area contributed by atoms with Crippen LogP contribution >= 0.6 is 11.3 Å². The number of thiophene rings is 1. The van der Waals surface area contributed by atoms with E-state index in [9.17, 15) is 9.59 Å². The fourth-order valence-electron chi connectivity index (χ4n) is 2.50. The molecule has 25 heavy (non-hydrogen) atoms. The summed E-state index contributed by atoms with van der Waals surface area (Å²) in [4.78, 5) is 24.2. The van der Waals surface area contributed by atoms with Gasteiger partial charge in [0.25, 0.3) is 5.91 Å². The van der Waals surface area contributed by atoms with Gasteiger partial charge in [-0.3, -0.25) is 14.8 Å². The van der Waals surface area contributed by atoms with Crippen LogP contribution in [0.3, 0.4) is 0 Å². The highest BCUT2D eigenvalue weighted by Crippen LogP contribution is 2.28. The van der Waals surface area contributed by atoms with Crippen LogP contribution in [0.4, 0.5) is 5.69 Å². The van der Waals surface area contributed by atoms with Gasteiger partial charge in [-0.25, -0.2) is 5.48 Å².